The van der Waals surface area contributed by atoms with Gasteiger partial charge >= 0.3 is 11.9 Å². The van der Waals surface area contributed by atoms with Crippen LogP contribution in [0.1, 0.15) is 119 Å². The second-order valence-corrected chi connectivity index (χ2v) is 10.2. The number of aliphatic hydroxyl groups is 2. The standard InChI is InChI=1S/C26H50O6/c1-7-31-23(29)25(3,4)19-15-11-9-13-17-21(27)22(28)18-14-10-12-16-20-26(5,6)24(30)32-8-2/h21-22,27-28H,7-20H2,1-6H3/t21-,22-/m1/s1. The summed E-state index contributed by atoms with van der Waals surface area (Å²) in [6, 6.07) is 0. The highest BCUT2D eigenvalue weighted by Gasteiger charge is 2.29. The van der Waals surface area contributed by atoms with Gasteiger partial charge in [-0.15, -0.1) is 0 Å². The maximum absolute atomic E-state index is 11.9. The predicted molar refractivity (Wildman–Crippen MR) is 128 cm³/mol. The van der Waals surface area contributed by atoms with Crippen LogP contribution in [0.2, 0.25) is 0 Å². The summed E-state index contributed by atoms with van der Waals surface area (Å²) < 4.78 is 10.2. The molecule has 32 heavy (non-hydrogen) atoms. The average molecular weight is 459 g/mol. The maximum atomic E-state index is 11.9. The molecule has 0 bridgehead atoms. The van der Waals surface area contributed by atoms with E-state index < -0.39 is 23.0 Å². The second kappa shape index (κ2) is 16.5. The lowest BCUT2D eigenvalue weighted by atomic mass is 9.86. The summed E-state index contributed by atoms with van der Waals surface area (Å²) in [5, 5.41) is 20.4. The Labute approximate surface area is 196 Å². The van der Waals surface area contributed by atoms with E-state index in [1.54, 1.807) is 0 Å². The highest BCUT2D eigenvalue weighted by Crippen LogP contribution is 2.27. The number of carbonyl (C=O) groups is 2. The van der Waals surface area contributed by atoms with Crippen LogP contribution in [0.4, 0.5) is 0 Å². The van der Waals surface area contributed by atoms with Crippen LogP contribution >= 0.6 is 0 Å². The molecule has 2 atom stereocenters. The van der Waals surface area contributed by atoms with Crippen molar-refractivity contribution in [1.29, 1.82) is 0 Å². The van der Waals surface area contributed by atoms with E-state index in [4.69, 9.17) is 9.47 Å². The first-order valence-corrected chi connectivity index (χ1v) is 12.7. The normalized spacial score (nSPS) is 14.1. The van der Waals surface area contributed by atoms with Gasteiger partial charge in [0.2, 0.25) is 0 Å². The van der Waals surface area contributed by atoms with Crippen molar-refractivity contribution in [1.82, 2.24) is 0 Å². The zero-order valence-electron chi connectivity index (χ0n) is 21.6. The molecule has 6 nitrogen and oxygen atoms in total. The van der Waals surface area contributed by atoms with Crippen molar-refractivity contribution in [3.63, 3.8) is 0 Å². The molecule has 0 unspecified atom stereocenters. The van der Waals surface area contributed by atoms with Crippen LogP contribution in [0.25, 0.3) is 0 Å². The van der Waals surface area contributed by atoms with Crippen LogP contribution in [0.5, 0.6) is 0 Å². The minimum atomic E-state index is -0.672. The molecule has 0 aliphatic rings. The van der Waals surface area contributed by atoms with Crippen molar-refractivity contribution in [2.24, 2.45) is 10.8 Å². The molecule has 0 saturated carbocycles. The Morgan fingerprint density at radius 2 is 0.938 bits per heavy atom. The van der Waals surface area contributed by atoms with Crippen LogP contribution in [0.3, 0.4) is 0 Å². The second-order valence-electron chi connectivity index (χ2n) is 10.2. The minimum Gasteiger partial charge on any atom is -0.466 e. The van der Waals surface area contributed by atoms with E-state index in [9.17, 15) is 19.8 Å². The Kier molecular flexibility index (Phi) is 15.9. The Morgan fingerprint density at radius 3 is 1.25 bits per heavy atom. The van der Waals surface area contributed by atoms with E-state index in [2.05, 4.69) is 0 Å². The number of carbonyl (C=O) groups excluding carboxylic acids is 2. The van der Waals surface area contributed by atoms with Gasteiger partial charge in [-0.05, 0) is 67.2 Å². The van der Waals surface area contributed by atoms with Crippen LogP contribution in [0.15, 0.2) is 0 Å². The Bertz CT molecular complexity index is 468. The van der Waals surface area contributed by atoms with Crippen molar-refractivity contribution in [2.45, 2.75) is 131 Å². The van der Waals surface area contributed by atoms with E-state index in [0.717, 1.165) is 64.2 Å². The summed E-state index contributed by atoms with van der Waals surface area (Å²) in [7, 11) is 0. The van der Waals surface area contributed by atoms with Gasteiger partial charge in [-0.1, -0.05) is 51.4 Å². The molecule has 0 aromatic heterocycles. The molecular weight excluding hydrogens is 408 g/mol. The largest absolute Gasteiger partial charge is 0.466 e. The van der Waals surface area contributed by atoms with Gasteiger partial charge in [-0.2, -0.15) is 0 Å². The first kappa shape index (κ1) is 30.9. The van der Waals surface area contributed by atoms with Gasteiger partial charge in [0.05, 0.1) is 36.3 Å². The maximum Gasteiger partial charge on any atom is 0.311 e. The fraction of sp³-hybridized carbons (Fsp3) is 0.923. The number of ether oxygens (including phenoxy) is 2. The molecule has 0 amide bonds. The van der Waals surface area contributed by atoms with Gasteiger partial charge in [-0.3, -0.25) is 9.59 Å². The summed E-state index contributed by atoms with van der Waals surface area (Å²) in [6.45, 7) is 12.2. The van der Waals surface area contributed by atoms with E-state index in [-0.39, 0.29) is 11.9 Å². The molecule has 0 aromatic carbocycles. The van der Waals surface area contributed by atoms with E-state index in [1.165, 1.54) is 0 Å². The first-order chi connectivity index (χ1) is 15.0. The molecule has 0 fully saturated rings. The number of hydrogen-bond donors (Lipinski definition) is 2. The molecule has 190 valence electrons. The lowest BCUT2D eigenvalue weighted by Crippen LogP contribution is -2.26. The monoisotopic (exact) mass is 458 g/mol. The fourth-order valence-electron chi connectivity index (χ4n) is 3.79. The van der Waals surface area contributed by atoms with Gasteiger partial charge in [-0.25, -0.2) is 0 Å². The summed E-state index contributed by atoms with van der Waals surface area (Å²) in [6.07, 6.45) is 9.12. The lowest BCUT2D eigenvalue weighted by Gasteiger charge is -2.22. The molecule has 6 heteroatoms. The van der Waals surface area contributed by atoms with Gasteiger partial charge in [0.25, 0.3) is 0 Å². The van der Waals surface area contributed by atoms with Crippen molar-refractivity contribution in [3.05, 3.63) is 0 Å². The molecule has 0 saturated heterocycles. The third-order valence-corrected chi connectivity index (χ3v) is 6.20. The predicted octanol–water partition coefficient (Wildman–Crippen LogP) is 5.57. The van der Waals surface area contributed by atoms with Crippen molar-refractivity contribution in [3.8, 4) is 0 Å². The number of rotatable bonds is 19. The minimum absolute atomic E-state index is 0.138. The van der Waals surface area contributed by atoms with Crippen LogP contribution in [-0.4, -0.2) is 47.6 Å². The Balaban J connectivity index is 3.81. The zero-order chi connectivity index (χ0) is 24.6. The average Bonchev–Trinajstić information content (AvgIpc) is 2.72. The molecule has 0 spiro atoms. The van der Waals surface area contributed by atoms with Crippen LogP contribution in [-0.2, 0) is 19.1 Å². The number of hydrogen-bond acceptors (Lipinski definition) is 6. The Hall–Kier alpha value is -1.14. The van der Waals surface area contributed by atoms with Crippen LogP contribution in [0, 0.1) is 10.8 Å². The third kappa shape index (κ3) is 13.4. The van der Waals surface area contributed by atoms with Gasteiger partial charge < -0.3 is 19.7 Å². The zero-order valence-corrected chi connectivity index (χ0v) is 21.6. The summed E-state index contributed by atoms with van der Waals surface area (Å²) in [4.78, 5) is 23.8. The molecule has 0 aromatic rings. The van der Waals surface area contributed by atoms with Crippen LogP contribution < -0.4 is 0 Å². The fourth-order valence-corrected chi connectivity index (χ4v) is 3.79. The molecule has 2 N–H and O–H groups in total. The van der Waals surface area contributed by atoms with Crippen molar-refractivity contribution in [2.75, 3.05) is 13.2 Å². The molecular formula is C26H50O6. The number of esters is 2. The molecule has 0 radical (unpaired) electrons. The summed E-state index contributed by atoms with van der Waals surface area (Å²) in [5.74, 6) is -0.275. The van der Waals surface area contributed by atoms with Gasteiger partial charge in [0.15, 0.2) is 0 Å². The molecule has 0 rings (SSSR count). The highest BCUT2D eigenvalue weighted by atomic mass is 16.5. The van der Waals surface area contributed by atoms with E-state index in [0.29, 0.717) is 26.1 Å². The third-order valence-electron chi connectivity index (χ3n) is 6.20. The van der Waals surface area contributed by atoms with Crippen molar-refractivity contribution >= 4 is 11.9 Å². The van der Waals surface area contributed by atoms with E-state index >= 15 is 0 Å². The lowest BCUT2D eigenvalue weighted by molar-refractivity contribution is -0.154. The van der Waals surface area contributed by atoms with Gasteiger partial charge in [0.1, 0.15) is 0 Å². The molecule has 0 aliphatic heterocycles. The number of aliphatic hydroxyl groups excluding tert-OH is 2. The Morgan fingerprint density at radius 1 is 0.625 bits per heavy atom. The highest BCUT2D eigenvalue weighted by molar-refractivity contribution is 5.76. The topological polar surface area (TPSA) is 93.1 Å². The van der Waals surface area contributed by atoms with E-state index in [1.807, 2.05) is 41.5 Å². The SMILES string of the molecule is CCOC(=O)C(C)(C)CCCCCC[C@@H](O)[C@H](O)CCCCCCC(C)(C)C(=O)OCC. The summed E-state index contributed by atoms with van der Waals surface area (Å²) >= 11 is 0. The van der Waals surface area contributed by atoms with Crippen molar-refractivity contribution < 1.29 is 29.3 Å². The number of unbranched alkanes of at least 4 members (excludes halogenated alkanes) is 6. The summed E-state index contributed by atoms with van der Waals surface area (Å²) in [5.41, 5.74) is -0.888. The quantitative estimate of drug-likeness (QED) is 0.194. The first-order valence-electron chi connectivity index (χ1n) is 12.7. The molecule has 0 heterocycles. The molecule has 0 aliphatic carbocycles. The van der Waals surface area contributed by atoms with Gasteiger partial charge in [0, 0.05) is 0 Å². The smallest absolute Gasteiger partial charge is 0.311 e.